The van der Waals surface area contributed by atoms with Crippen molar-refractivity contribution < 1.29 is 33.4 Å². The van der Waals surface area contributed by atoms with E-state index in [9.17, 15) is 24.0 Å². The standard InChI is InChI=1S/C27H35ClO7/c1-5-21(32)34-14-20(31)27(35-22(33)6-2)10-8-17-23-18(28)12-15-11-16(29)7-9-25(15,3)24(23)19(30)13-26(17,27)4/h11,17-18,23-24H,5-10,12-14H2,1-4H3/t17-,18+,23+,24-,25-,26-,27+/m0/s1. The van der Waals surface area contributed by atoms with E-state index < -0.39 is 40.8 Å². The Hall–Kier alpha value is -2.02. The number of ether oxygens (including phenoxy) is 2. The molecule has 3 saturated carbocycles. The van der Waals surface area contributed by atoms with Gasteiger partial charge in [-0.15, -0.1) is 11.6 Å². The number of fused-ring (bicyclic) bond motifs is 5. The highest BCUT2D eigenvalue weighted by molar-refractivity contribution is 6.21. The molecule has 4 rings (SSSR count). The van der Waals surface area contributed by atoms with Crippen LogP contribution in [0.1, 0.15) is 79.1 Å². The van der Waals surface area contributed by atoms with Crippen LogP contribution in [0.4, 0.5) is 0 Å². The van der Waals surface area contributed by atoms with Gasteiger partial charge in [-0.2, -0.15) is 0 Å². The van der Waals surface area contributed by atoms with Gasteiger partial charge in [0.2, 0.25) is 5.78 Å². The van der Waals surface area contributed by atoms with Crippen molar-refractivity contribution in [3.05, 3.63) is 11.6 Å². The molecule has 4 aliphatic rings. The maximum atomic E-state index is 13.9. The first kappa shape index (κ1) is 26.1. The van der Waals surface area contributed by atoms with Crippen LogP contribution in [0.3, 0.4) is 0 Å². The summed E-state index contributed by atoms with van der Waals surface area (Å²) in [5, 5.41) is -0.371. The number of hydrogen-bond acceptors (Lipinski definition) is 7. The minimum absolute atomic E-state index is 0.000903. The normalized spacial score (nSPS) is 40.2. The van der Waals surface area contributed by atoms with E-state index in [1.165, 1.54) is 0 Å². The number of halogens is 1. The van der Waals surface area contributed by atoms with Gasteiger partial charge >= 0.3 is 11.9 Å². The molecule has 4 aliphatic carbocycles. The number of carbonyl (C=O) groups is 5. The minimum Gasteiger partial charge on any atom is -0.457 e. The van der Waals surface area contributed by atoms with E-state index in [-0.39, 0.29) is 60.4 Å². The van der Waals surface area contributed by atoms with Gasteiger partial charge in [0.1, 0.15) is 5.78 Å². The van der Waals surface area contributed by atoms with Crippen LogP contribution in [-0.2, 0) is 33.4 Å². The predicted molar refractivity (Wildman–Crippen MR) is 127 cm³/mol. The number of esters is 2. The zero-order valence-electron chi connectivity index (χ0n) is 21.0. The lowest BCUT2D eigenvalue weighted by atomic mass is 9.45. The quantitative estimate of drug-likeness (QED) is 0.394. The molecule has 0 heterocycles. The first-order chi connectivity index (χ1) is 16.4. The fraction of sp³-hybridized carbons (Fsp3) is 0.741. The number of ketones is 3. The Morgan fingerprint density at radius 1 is 1.09 bits per heavy atom. The number of hydrogen-bond donors (Lipinski definition) is 0. The topological polar surface area (TPSA) is 104 Å². The van der Waals surface area contributed by atoms with Gasteiger partial charge in [0, 0.05) is 42.4 Å². The van der Waals surface area contributed by atoms with E-state index >= 15 is 0 Å². The average molecular weight is 507 g/mol. The first-order valence-electron chi connectivity index (χ1n) is 12.7. The Bertz CT molecular complexity index is 1000. The number of rotatable bonds is 6. The van der Waals surface area contributed by atoms with Crippen molar-refractivity contribution in [2.24, 2.45) is 28.6 Å². The molecule has 7 atom stereocenters. The second-order valence-electron chi connectivity index (χ2n) is 11.1. The van der Waals surface area contributed by atoms with Crippen molar-refractivity contribution in [2.45, 2.75) is 90.0 Å². The Labute approximate surface area is 211 Å². The molecule has 7 nitrogen and oxygen atoms in total. The Morgan fingerprint density at radius 2 is 1.77 bits per heavy atom. The molecular formula is C27H35ClO7. The second kappa shape index (κ2) is 9.13. The van der Waals surface area contributed by atoms with Gasteiger partial charge in [0.25, 0.3) is 0 Å². The van der Waals surface area contributed by atoms with Crippen molar-refractivity contribution in [1.29, 1.82) is 0 Å². The zero-order valence-corrected chi connectivity index (χ0v) is 21.7. The van der Waals surface area contributed by atoms with Gasteiger partial charge in [-0.25, -0.2) is 0 Å². The zero-order chi connectivity index (χ0) is 25.8. The first-order valence-corrected chi connectivity index (χ1v) is 13.2. The summed E-state index contributed by atoms with van der Waals surface area (Å²) >= 11 is 6.97. The summed E-state index contributed by atoms with van der Waals surface area (Å²) in [6.07, 6.45) is 4.35. The van der Waals surface area contributed by atoms with E-state index in [4.69, 9.17) is 21.1 Å². The van der Waals surface area contributed by atoms with Gasteiger partial charge in [0.05, 0.1) is 0 Å². The monoisotopic (exact) mass is 506 g/mol. The van der Waals surface area contributed by atoms with Crippen LogP contribution in [0.25, 0.3) is 0 Å². The highest BCUT2D eigenvalue weighted by atomic mass is 35.5. The molecule has 8 heteroatoms. The summed E-state index contributed by atoms with van der Waals surface area (Å²) in [6, 6.07) is 0. The molecule has 0 aromatic heterocycles. The molecule has 0 aromatic carbocycles. The number of carbonyl (C=O) groups excluding carboxylic acids is 5. The molecule has 0 bridgehead atoms. The van der Waals surface area contributed by atoms with Crippen LogP contribution in [0.5, 0.6) is 0 Å². The van der Waals surface area contributed by atoms with Crippen LogP contribution in [0.15, 0.2) is 11.6 Å². The lowest BCUT2D eigenvalue weighted by Gasteiger charge is -2.59. The number of alkyl halides is 1. The predicted octanol–water partition coefficient (Wildman–Crippen LogP) is 4.13. The summed E-state index contributed by atoms with van der Waals surface area (Å²) in [4.78, 5) is 64.0. The molecule has 3 fully saturated rings. The number of Topliss-reactive ketones (excluding diaryl/α,β-unsaturated/α-hetero) is 2. The highest BCUT2D eigenvalue weighted by Gasteiger charge is 2.71. The number of allylic oxidation sites excluding steroid dienone is 1. The largest absolute Gasteiger partial charge is 0.457 e. The lowest BCUT2D eigenvalue weighted by molar-refractivity contribution is -0.193. The van der Waals surface area contributed by atoms with Crippen molar-refractivity contribution in [2.75, 3.05) is 6.61 Å². The lowest BCUT2D eigenvalue weighted by Crippen LogP contribution is -2.64. The molecule has 0 unspecified atom stereocenters. The SMILES string of the molecule is CCC(=O)OCC(=O)[C@]1(OC(=O)CC)CC[C@H]2[C@@H]3[C@H](Cl)CC4=CC(=O)CC[C@]4(C)[C@H]3C(=O)C[C@@]21C. The van der Waals surface area contributed by atoms with Crippen molar-refractivity contribution in [1.82, 2.24) is 0 Å². The average Bonchev–Trinajstić information content (AvgIpc) is 3.10. The molecule has 0 aromatic rings. The summed E-state index contributed by atoms with van der Waals surface area (Å²) in [5.74, 6) is -2.11. The van der Waals surface area contributed by atoms with E-state index in [0.29, 0.717) is 25.7 Å². The van der Waals surface area contributed by atoms with Crippen LogP contribution in [0, 0.1) is 28.6 Å². The van der Waals surface area contributed by atoms with E-state index in [0.717, 1.165) is 5.57 Å². The van der Waals surface area contributed by atoms with Crippen molar-refractivity contribution in [3.63, 3.8) is 0 Å². The third kappa shape index (κ3) is 3.89. The maximum absolute atomic E-state index is 13.9. The molecule has 192 valence electrons. The molecule has 0 aliphatic heterocycles. The molecule has 35 heavy (non-hydrogen) atoms. The minimum atomic E-state index is -1.55. The fourth-order valence-electron chi connectivity index (χ4n) is 7.60. The van der Waals surface area contributed by atoms with Gasteiger partial charge in [-0.05, 0) is 49.0 Å². The molecule has 0 radical (unpaired) electrons. The van der Waals surface area contributed by atoms with E-state index in [2.05, 4.69) is 6.92 Å². The Balaban J connectivity index is 1.75. The third-order valence-corrected chi connectivity index (χ3v) is 9.89. The molecule has 0 spiro atoms. The van der Waals surface area contributed by atoms with Crippen LogP contribution in [0.2, 0.25) is 0 Å². The van der Waals surface area contributed by atoms with Crippen molar-refractivity contribution in [3.8, 4) is 0 Å². The van der Waals surface area contributed by atoms with Crippen molar-refractivity contribution >= 4 is 40.9 Å². The Morgan fingerprint density at radius 3 is 2.43 bits per heavy atom. The van der Waals surface area contributed by atoms with E-state index in [1.54, 1.807) is 19.9 Å². The maximum Gasteiger partial charge on any atom is 0.306 e. The van der Waals surface area contributed by atoms with Gasteiger partial charge in [0.15, 0.2) is 18.0 Å². The summed E-state index contributed by atoms with van der Waals surface area (Å²) in [5.41, 5.74) is -1.98. The summed E-state index contributed by atoms with van der Waals surface area (Å²) in [7, 11) is 0. The third-order valence-electron chi connectivity index (χ3n) is 9.44. The molecular weight excluding hydrogens is 472 g/mol. The van der Waals surface area contributed by atoms with Crippen LogP contribution < -0.4 is 0 Å². The smallest absolute Gasteiger partial charge is 0.306 e. The Kier molecular flexibility index (Phi) is 6.80. The van der Waals surface area contributed by atoms with Crippen LogP contribution in [-0.4, -0.2) is 46.9 Å². The summed E-state index contributed by atoms with van der Waals surface area (Å²) in [6.45, 7) is 6.73. The van der Waals surface area contributed by atoms with Gasteiger partial charge < -0.3 is 9.47 Å². The van der Waals surface area contributed by atoms with Gasteiger partial charge in [-0.1, -0.05) is 33.3 Å². The molecule has 0 amide bonds. The fourth-order valence-corrected chi connectivity index (χ4v) is 8.08. The van der Waals surface area contributed by atoms with Gasteiger partial charge in [-0.3, -0.25) is 24.0 Å². The second-order valence-corrected chi connectivity index (χ2v) is 11.7. The molecule has 0 saturated heterocycles. The molecule has 0 N–H and O–H groups in total. The van der Waals surface area contributed by atoms with E-state index in [1.807, 2.05) is 6.92 Å². The summed E-state index contributed by atoms with van der Waals surface area (Å²) < 4.78 is 11.1. The van der Waals surface area contributed by atoms with Crippen LogP contribution >= 0.6 is 11.6 Å². The highest BCUT2D eigenvalue weighted by Crippen LogP contribution is 2.68.